The molecular weight excluding hydrogens is 418 g/mol. The molecule has 34 heavy (non-hydrogen) atoms. The van der Waals surface area contributed by atoms with Crippen molar-refractivity contribution in [2.45, 2.75) is 98.4 Å². The number of hydrogen-bond donors (Lipinski definition) is 0. The van der Waals surface area contributed by atoms with Gasteiger partial charge in [-0.1, -0.05) is 53.7 Å². The van der Waals surface area contributed by atoms with Gasteiger partial charge in [0, 0.05) is 29.9 Å². The van der Waals surface area contributed by atoms with Crippen molar-refractivity contribution in [3.8, 4) is 0 Å². The fraction of sp³-hybridized carbons (Fsp3) is 0.774. The Bertz CT molecular complexity index is 935. The number of nitrogens with zero attached hydrogens (tertiary/aromatic N) is 1. The first-order valence-electron chi connectivity index (χ1n) is 13.9. The van der Waals surface area contributed by atoms with Crippen LogP contribution in [0.15, 0.2) is 29.3 Å². The molecule has 1 aliphatic heterocycles. The van der Waals surface area contributed by atoms with E-state index in [0.717, 1.165) is 31.1 Å². The maximum absolute atomic E-state index is 14.1. The fourth-order valence-corrected chi connectivity index (χ4v) is 9.87. The van der Waals surface area contributed by atoms with E-state index in [-0.39, 0.29) is 23.0 Å². The molecule has 0 bridgehead atoms. The normalized spacial score (nSPS) is 48.1. The summed E-state index contributed by atoms with van der Waals surface area (Å²) in [6.07, 6.45) is 19.1. The monoisotopic (exact) mass is 463 g/mol. The molecule has 1 heterocycles. The predicted octanol–water partition coefficient (Wildman–Crippen LogP) is 7.01. The van der Waals surface area contributed by atoms with Crippen molar-refractivity contribution in [1.82, 2.24) is 0 Å². The Balaban J connectivity index is 1.50. The smallest absolute Gasteiger partial charge is 0.169 e. The predicted molar refractivity (Wildman–Crippen MR) is 139 cm³/mol. The van der Waals surface area contributed by atoms with Gasteiger partial charge in [-0.3, -0.25) is 14.6 Å². The van der Waals surface area contributed by atoms with E-state index in [1.807, 2.05) is 18.4 Å². The number of fused-ring (bicyclic) bond motifs is 5. The van der Waals surface area contributed by atoms with Crippen molar-refractivity contribution in [3.63, 3.8) is 0 Å². The molecule has 0 spiro atoms. The molecule has 0 radical (unpaired) electrons. The zero-order valence-electron chi connectivity index (χ0n) is 22.3. The van der Waals surface area contributed by atoms with Crippen LogP contribution in [-0.2, 0) is 9.59 Å². The molecule has 5 aliphatic rings. The summed E-state index contributed by atoms with van der Waals surface area (Å²) in [7, 11) is 0. The summed E-state index contributed by atoms with van der Waals surface area (Å²) < 4.78 is 0. The largest absolute Gasteiger partial charge is 0.299 e. The Labute approximate surface area is 206 Å². The van der Waals surface area contributed by atoms with Gasteiger partial charge in [0.15, 0.2) is 5.78 Å². The number of carbonyl (C=O) groups is 2. The van der Waals surface area contributed by atoms with Crippen LogP contribution in [-0.4, -0.2) is 23.3 Å². The fourth-order valence-electron chi connectivity index (χ4n) is 9.87. The molecule has 186 valence electrons. The van der Waals surface area contributed by atoms with E-state index in [9.17, 15) is 9.59 Å². The lowest BCUT2D eigenvalue weighted by atomic mass is 9.43. The maximum atomic E-state index is 14.1. The lowest BCUT2D eigenvalue weighted by molar-refractivity contribution is -0.152. The van der Waals surface area contributed by atoms with Gasteiger partial charge in [0.2, 0.25) is 0 Å². The van der Waals surface area contributed by atoms with Crippen LogP contribution >= 0.6 is 0 Å². The minimum absolute atomic E-state index is 0.132. The Kier molecular flexibility index (Phi) is 5.69. The molecule has 0 amide bonds. The van der Waals surface area contributed by atoms with Gasteiger partial charge in [0.25, 0.3) is 0 Å². The number of hydrogen-bond acceptors (Lipinski definition) is 3. The summed E-state index contributed by atoms with van der Waals surface area (Å²) in [5.74, 6) is 3.92. The molecule has 4 unspecified atom stereocenters. The van der Waals surface area contributed by atoms with Gasteiger partial charge < -0.3 is 0 Å². The van der Waals surface area contributed by atoms with Crippen LogP contribution in [0, 0.1) is 51.8 Å². The number of aliphatic imine (C=N–C) groups is 1. The van der Waals surface area contributed by atoms with Crippen molar-refractivity contribution < 1.29 is 9.59 Å². The second kappa shape index (κ2) is 8.00. The lowest BCUT2D eigenvalue weighted by Crippen LogP contribution is -2.58. The van der Waals surface area contributed by atoms with E-state index >= 15 is 0 Å². The Hall–Kier alpha value is -1.51. The first-order chi connectivity index (χ1) is 15.9. The molecule has 9 atom stereocenters. The van der Waals surface area contributed by atoms with Crippen molar-refractivity contribution in [2.75, 3.05) is 0 Å². The molecule has 4 fully saturated rings. The van der Waals surface area contributed by atoms with Gasteiger partial charge in [-0.05, 0) is 91.6 Å². The summed E-state index contributed by atoms with van der Waals surface area (Å²) >= 11 is 0. The Morgan fingerprint density at radius 2 is 1.62 bits per heavy atom. The summed E-state index contributed by atoms with van der Waals surface area (Å²) in [4.78, 5) is 31.7. The third-order valence-corrected chi connectivity index (χ3v) is 11.5. The summed E-state index contributed by atoms with van der Waals surface area (Å²) in [6.45, 7) is 13.4. The Morgan fingerprint density at radius 3 is 2.35 bits per heavy atom. The molecule has 4 saturated carbocycles. The van der Waals surface area contributed by atoms with Gasteiger partial charge in [-0.25, -0.2) is 0 Å². The first-order valence-corrected chi connectivity index (χ1v) is 13.9. The summed E-state index contributed by atoms with van der Waals surface area (Å²) in [5.41, 5.74) is -0.759. The van der Waals surface area contributed by atoms with E-state index in [2.05, 4.69) is 53.7 Å². The molecular formula is C31H45NO2. The van der Waals surface area contributed by atoms with Gasteiger partial charge in [-0.2, -0.15) is 0 Å². The first kappa shape index (κ1) is 24.2. The van der Waals surface area contributed by atoms with E-state index in [4.69, 9.17) is 4.99 Å². The average Bonchev–Trinajstić information content (AvgIpc) is 2.97. The molecule has 3 nitrogen and oxygen atoms in total. The standard InChI is InChI=1S/C31H45NO2/c1-20-22-11-10-21-23-12-13-26(31(27(34)28(2,3)4)16-8-7-9-19-32-31)30(23,6)17-14-24(21)29(22,5)18-15-25(20)33/h7-9,16,19-24,26H,10-15,17-18H2,1-6H3/t20?,21-,22?,23-,24-,26?,29-,30-,31?/m0/s1. The van der Waals surface area contributed by atoms with Gasteiger partial charge in [-0.15, -0.1) is 0 Å². The molecule has 0 aromatic heterocycles. The molecule has 4 aliphatic carbocycles. The molecule has 5 rings (SSSR count). The second-order valence-corrected chi connectivity index (χ2v) is 13.9. The lowest BCUT2D eigenvalue weighted by Gasteiger charge is -2.62. The quantitative estimate of drug-likeness (QED) is 0.442. The summed E-state index contributed by atoms with van der Waals surface area (Å²) in [6, 6.07) is 0. The number of Topliss-reactive ketones (excluding diaryl/α,β-unsaturated/α-hetero) is 2. The van der Waals surface area contributed by atoms with Crippen LogP contribution in [0.2, 0.25) is 0 Å². The van der Waals surface area contributed by atoms with E-state index < -0.39 is 11.0 Å². The van der Waals surface area contributed by atoms with Gasteiger partial charge >= 0.3 is 0 Å². The van der Waals surface area contributed by atoms with Crippen LogP contribution in [0.25, 0.3) is 0 Å². The average molecular weight is 464 g/mol. The molecule has 0 saturated heterocycles. The number of ketones is 2. The third kappa shape index (κ3) is 3.31. The minimum atomic E-state index is -0.759. The highest BCUT2D eigenvalue weighted by molar-refractivity contribution is 5.97. The number of carbonyl (C=O) groups excluding carboxylic acids is 2. The van der Waals surface area contributed by atoms with Crippen LogP contribution in [0.5, 0.6) is 0 Å². The van der Waals surface area contributed by atoms with Crippen molar-refractivity contribution in [2.24, 2.45) is 56.7 Å². The molecule has 0 aromatic rings. The van der Waals surface area contributed by atoms with Gasteiger partial charge in [0.05, 0.1) is 0 Å². The zero-order chi connectivity index (χ0) is 24.5. The van der Waals surface area contributed by atoms with E-state index in [1.54, 1.807) is 0 Å². The van der Waals surface area contributed by atoms with Crippen LogP contribution in [0.1, 0.15) is 92.9 Å². The maximum Gasteiger partial charge on any atom is 0.169 e. The second-order valence-electron chi connectivity index (χ2n) is 13.9. The summed E-state index contributed by atoms with van der Waals surface area (Å²) in [5, 5.41) is 0. The van der Waals surface area contributed by atoms with E-state index in [1.165, 1.54) is 32.1 Å². The van der Waals surface area contributed by atoms with Crippen LogP contribution < -0.4 is 0 Å². The SMILES string of the molecule is CC1C(=O)CC[C@@]2(C)C1CC[C@@H]1[C@@H]2CC[C@]2(C)C(C3(C(=O)C(C)(C)C)C=CC=CC=N3)CC[C@@H]12. The van der Waals surface area contributed by atoms with Crippen LogP contribution in [0.4, 0.5) is 0 Å². The third-order valence-electron chi connectivity index (χ3n) is 11.5. The Morgan fingerprint density at radius 1 is 0.912 bits per heavy atom. The highest BCUT2D eigenvalue weighted by atomic mass is 16.1. The van der Waals surface area contributed by atoms with Crippen molar-refractivity contribution in [1.29, 1.82) is 0 Å². The van der Waals surface area contributed by atoms with Crippen LogP contribution in [0.3, 0.4) is 0 Å². The van der Waals surface area contributed by atoms with Crippen molar-refractivity contribution >= 4 is 17.8 Å². The number of rotatable bonds is 2. The highest BCUT2D eigenvalue weighted by Crippen LogP contribution is 2.69. The van der Waals surface area contributed by atoms with Gasteiger partial charge in [0.1, 0.15) is 11.3 Å². The number of allylic oxidation sites excluding steroid dienone is 3. The zero-order valence-corrected chi connectivity index (χ0v) is 22.3. The molecule has 0 aromatic carbocycles. The highest BCUT2D eigenvalue weighted by Gasteiger charge is 2.65. The molecule has 3 heteroatoms. The molecule has 0 N–H and O–H groups in total. The topological polar surface area (TPSA) is 46.5 Å². The minimum Gasteiger partial charge on any atom is -0.299 e. The van der Waals surface area contributed by atoms with Crippen molar-refractivity contribution in [3.05, 3.63) is 24.3 Å². The van der Waals surface area contributed by atoms with E-state index in [0.29, 0.717) is 23.0 Å².